The Morgan fingerprint density at radius 1 is 1.19 bits per heavy atom. The Kier molecular flexibility index (Phi) is 5.53. The summed E-state index contributed by atoms with van der Waals surface area (Å²) in [6.07, 6.45) is 0.110. The SMILES string of the molecule is Cc1cc(=O)[nH]c(-n2nc(C(C)(C)C)cc2NC(=O)CC2CSc3nc(C)cc(=O)n32)n1. The van der Waals surface area contributed by atoms with E-state index in [4.69, 9.17) is 0 Å². The number of anilines is 1. The molecule has 0 saturated heterocycles. The number of rotatable bonds is 4. The van der Waals surface area contributed by atoms with E-state index in [0.29, 0.717) is 28.1 Å². The summed E-state index contributed by atoms with van der Waals surface area (Å²) in [5.74, 6) is 0.943. The van der Waals surface area contributed by atoms with E-state index in [1.54, 1.807) is 24.5 Å². The number of hydrogen-bond donors (Lipinski definition) is 2. The lowest BCUT2D eigenvalue weighted by molar-refractivity contribution is -0.116. The standard InChI is InChI=1S/C21H25N7O3S/c1-11-6-16(29)25-19(22-11)28-15(9-14(26-28)21(3,4)5)24-17(30)8-13-10-32-20-23-12(2)7-18(31)27(13)20/h6-7,9,13H,8,10H2,1-5H3,(H,24,30)(H,22,25,29). The summed E-state index contributed by atoms with van der Waals surface area (Å²) in [7, 11) is 0. The Labute approximate surface area is 188 Å². The van der Waals surface area contributed by atoms with E-state index in [-0.39, 0.29) is 40.9 Å². The van der Waals surface area contributed by atoms with E-state index in [9.17, 15) is 14.4 Å². The van der Waals surface area contributed by atoms with Crippen LogP contribution in [0.4, 0.5) is 5.82 Å². The largest absolute Gasteiger partial charge is 0.310 e. The van der Waals surface area contributed by atoms with Crippen LogP contribution in [-0.4, -0.2) is 41.0 Å². The molecule has 0 saturated carbocycles. The lowest BCUT2D eigenvalue weighted by Crippen LogP contribution is -2.28. The van der Waals surface area contributed by atoms with E-state index >= 15 is 0 Å². The first-order valence-corrected chi connectivity index (χ1v) is 11.2. The van der Waals surface area contributed by atoms with Gasteiger partial charge in [0.25, 0.3) is 11.1 Å². The van der Waals surface area contributed by atoms with Crippen LogP contribution >= 0.6 is 11.8 Å². The van der Waals surface area contributed by atoms with Crippen LogP contribution in [0, 0.1) is 13.8 Å². The van der Waals surface area contributed by atoms with E-state index in [1.165, 1.54) is 28.6 Å². The van der Waals surface area contributed by atoms with Gasteiger partial charge in [-0.3, -0.25) is 23.9 Å². The summed E-state index contributed by atoms with van der Waals surface area (Å²) >= 11 is 1.47. The zero-order valence-electron chi connectivity index (χ0n) is 18.6. The lowest BCUT2D eigenvalue weighted by Gasteiger charge is -2.13. The smallest absolute Gasteiger partial charge is 0.254 e. The zero-order chi connectivity index (χ0) is 23.2. The number of nitrogens with one attached hydrogen (secondary N) is 2. The molecule has 4 heterocycles. The number of carbonyl (C=O) groups excluding carboxylic acids is 1. The molecular formula is C21H25N7O3S. The second-order valence-corrected chi connectivity index (χ2v) is 9.88. The molecule has 11 heteroatoms. The van der Waals surface area contributed by atoms with Crippen molar-refractivity contribution in [1.29, 1.82) is 0 Å². The summed E-state index contributed by atoms with van der Waals surface area (Å²) < 4.78 is 3.01. The van der Waals surface area contributed by atoms with Crippen LogP contribution in [0.2, 0.25) is 0 Å². The van der Waals surface area contributed by atoms with Crippen LogP contribution in [0.25, 0.3) is 5.95 Å². The third-order valence-electron chi connectivity index (χ3n) is 5.04. The average molecular weight is 456 g/mol. The first kappa shape index (κ1) is 22.0. The maximum absolute atomic E-state index is 12.9. The van der Waals surface area contributed by atoms with Gasteiger partial charge >= 0.3 is 0 Å². The highest BCUT2D eigenvalue weighted by atomic mass is 32.2. The van der Waals surface area contributed by atoms with Gasteiger partial charge in [-0.1, -0.05) is 32.5 Å². The topological polar surface area (TPSA) is 128 Å². The molecular weight excluding hydrogens is 430 g/mol. The lowest BCUT2D eigenvalue weighted by atomic mass is 9.92. The fraction of sp³-hybridized carbons (Fsp3) is 0.429. The Balaban J connectivity index is 1.63. The van der Waals surface area contributed by atoms with Crippen LogP contribution in [0.3, 0.4) is 0 Å². The predicted molar refractivity (Wildman–Crippen MR) is 122 cm³/mol. The maximum atomic E-state index is 12.9. The van der Waals surface area contributed by atoms with Gasteiger partial charge in [0.15, 0.2) is 5.16 Å². The molecule has 0 aliphatic carbocycles. The highest BCUT2D eigenvalue weighted by Crippen LogP contribution is 2.32. The highest BCUT2D eigenvalue weighted by molar-refractivity contribution is 7.99. The van der Waals surface area contributed by atoms with Crippen LogP contribution in [0.5, 0.6) is 0 Å². The van der Waals surface area contributed by atoms with Crippen LogP contribution in [-0.2, 0) is 10.2 Å². The van der Waals surface area contributed by atoms with Gasteiger partial charge in [0, 0.05) is 47.2 Å². The molecule has 1 aliphatic heterocycles. The van der Waals surface area contributed by atoms with Crippen molar-refractivity contribution in [3.63, 3.8) is 0 Å². The van der Waals surface area contributed by atoms with Crippen LogP contribution in [0.15, 0.2) is 32.9 Å². The Morgan fingerprint density at radius 3 is 2.59 bits per heavy atom. The van der Waals surface area contributed by atoms with Gasteiger partial charge in [-0.05, 0) is 13.8 Å². The minimum absolute atomic E-state index is 0.110. The van der Waals surface area contributed by atoms with E-state index in [2.05, 4.69) is 25.4 Å². The first-order valence-electron chi connectivity index (χ1n) is 10.2. The summed E-state index contributed by atoms with van der Waals surface area (Å²) in [4.78, 5) is 48.7. The molecule has 32 heavy (non-hydrogen) atoms. The van der Waals surface area contributed by atoms with Crippen molar-refractivity contribution in [2.45, 2.75) is 57.7 Å². The molecule has 3 aromatic rings. The maximum Gasteiger partial charge on any atom is 0.254 e. The van der Waals surface area contributed by atoms with Crippen molar-refractivity contribution >= 4 is 23.5 Å². The van der Waals surface area contributed by atoms with Gasteiger partial charge in [-0.2, -0.15) is 9.78 Å². The molecule has 0 fully saturated rings. The van der Waals surface area contributed by atoms with Gasteiger partial charge in [-0.15, -0.1) is 0 Å². The molecule has 4 rings (SSSR count). The Morgan fingerprint density at radius 2 is 1.91 bits per heavy atom. The second kappa shape index (κ2) is 8.05. The number of amides is 1. The molecule has 10 nitrogen and oxygen atoms in total. The van der Waals surface area contributed by atoms with Gasteiger partial charge in [-0.25, -0.2) is 9.97 Å². The number of nitrogens with zero attached hydrogens (tertiary/aromatic N) is 5. The van der Waals surface area contributed by atoms with Crippen molar-refractivity contribution < 1.29 is 4.79 Å². The predicted octanol–water partition coefficient (Wildman–Crippen LogP) is 2.10. The summed E-state index contributed by atoms with van der Waals surface area (Å²) in [5, 5.41) is 8.10. The quantitative estimate of drug-likeness (QED) is 0.577. The number of thioether (sulfide) groups is 1. The molecule has 168 valence electrons. The number of hydrogen-bond acceptors (Lipinski definition) is 7. The number of H-pyrrole nitrogens is 1. The number of aromatic nitrogens is 6. The molecule has 0 aromatic carbocycles. The number of aromatic amines is 1. The Hall–Kier alpha value is -3.21. The summed E-state index contributed by atoms with van der Waals surface area (Å²) in [6, 6.07) is 4.35. The molecule has 0 radical (unpaired) electrons. The molecule has 1 unspecified atom stereocenters. The van der Waals surface area contributed by atoms with Gasteiger partial charge in [0.05, 0.1) is 11.7 Å². The second-order valence-electron chi connectivity index (χ2n) is 8.89. The summed E-state index contributed by atoms with van der Waals surface area (Å²) in [5.41, 5.74) is 1.19. The van der Waals surface area contributed by atoms with E-state index in [1.807, 2.05) is 20.8 Å². The Bertz CT molecular complexity index is 1320. The number of carbonyl (C=O) groups is 1. The molecule has 0 bridgehead atoms. The van der Waals surface area contributed by atoms with Gasteiger partial charge in [0.1, 0.15) is 5.82 Å². The molecule has 0 spiro atoms. The van der Waals surface area contributed by atoms with Crippen LogP contribution < -0.4 is 16.4 Å². The van der Waals surface area contributed by atoms with Crippen LogP contribution in [0.1, 0.15) is 50.3 Å². The van der Waals surface area contributed by atoms with Crippen molar-refractivity contribution in [2.75, 3.05) is 11.1 Å². The van der Waals surface area contributed by atoms with Crippen molar-refractivity contribution in [2.24, 2.45) is 0 Å². The fourth-order valence-corrected chi connectivity index (χ4v) is 4.68. The fourth-order valence-electron chi connectivity index (χ4n) is 3.48. The minimum Gasteiger partial charge on any atom is -0.310 e. The number of fused-ring (bicyclic) bond motifs is 1. The van der Waals surface area contributed by atoms with Crippen molar-refractivity contribution in [3.05, 3.63) is 56.0 Å². The van der Waals surface area contributed by atoms with Gasteiger partial charge in [0.2, 0.25) is 11.9 Å². The summed E-state index contributed by atoms with van der Waals surface area (Å²) in [6.45, 7) is 9.51. The molecule has 3 aromatic heterocycles. The molecule has 2 N–H and O–H groups in total. The average Bonchev–Trinajstić information content (AvgIpc) is 3.25. The van der Waals surface area contributed by atoms with Crippen molar-refractivity contribution in [3.8, 4) is 5.95 Å². The number of aryl methyl sites for hydroxylation is 2. The third-order valence-corrected chi connectivity index (χ3v) is 6.14. The third kappa shape index (κ3) is 4.38. The molecule has 1 atom stereocenters. The minimum atomic E-state index is -0.306. The normalized spacial score (nSPS) is 15.6. The highest BCUT2D eigenvalue weighted by Gasteiger charge is 2.28. The van der Waals surface area contributed by atoms with Crippen molar-refractivity contribution in [1.82, 2.24) is 29.3 Å². The van der Waals surface area contributed by atoms with E-state index < -0.39 is 0 Å². The molecule has 1 aliphatic rings. The first-order chi connectivity index (χ1) is 15.0. The molecule has 1 amide bonds. The van der Waals surface area contributed by atoms with Gasteiger partial charge < -0.3 is 5.32 Å². The van der Waals surface area contributed by atoms with E-state index in [0.717, 1.165) is 5.69 Å². The monoisotopic (exact) mass is 455 g/mol. The zero-order valence-corrected chi connectivity index (χ0v) is 19.4.